The number of nitrogens with zero attached hydrogens (tertiary/aromatic N) is 4. The van der Waals surface area contributed by atoms with Crippen molar-refractivity contribution in [3.63, 3.8) is 0 Å². The van der Waals surface area contributed by atoms with Crippen molar-refractivity contribution >= 4 is 5.82 Å². The predicted octanol–water partition coefficient (Wildman–Crippen LogP) is 4.42. The molecule has 0 unspecified atom stereocenters. The number of aryl methyl sites for hydroxylation is 2. The summed E-state index contributed by atoms with van der Waals surface area (Å²) in [5.41, 5.74) is 2.52. The van der Waals surface area contributed by atoms with Crippen LogP contribution in [0.4, 0.5) is 5.82 Å². The summed E-state index contributed by atoms with van der Waals surface area (Å²) >= 11 is 0. The van der Waals surface area contributed by atoms with Crippen LogP contribution in [0, 0.1) is 18.3 Å². The van der Waals surface area contributed by atoms with Crippen LogP contribution in [0.2, 0.25) is 0 Å². The summed E-state index contributed by atoms with van der Waals surface area (Å²) in [7, 11) is 1.69. The molecule has 0 saturated heterocycles. The first-order valence-electron chi connectivity index (χ1n) is 9.91. The van der Waals surface area contributed by atoms with Gasteiger partial charge in [-0.15, -0.1) is 0 Å². The lowest BCUT2D eigenvalue weighted by Gasteiger charge is -2.16. The second-order valence-corrected chi connectivity index (χ2v) is 7.29. The number of aromatic nitrogens is 3. The molecule has 0 saturated carbocycles. The normalized spacial score (nSPS) is 11.6. The van der Waals surface area contributed by atoms with Crippen molar-refractivity contribution in [3.8, 4) is 29.1 Å². The summed E-state index contributed by atoms with van der Waals surface area (Å²) in [6.45, 7) is 6.09. The number of nitrogens with one attached hydrogen (secondary N) is 1. The number of rotatable bonds is 7. The van der Waals surface area contributed by atoms with Crippen LogP contribution in [0.5, 0.6) is 11.8 Å². The fourth-order valence-electron chi connectivity index (χ4n) is 3.16. The molecular formula is C23H25N5O2. The molecule has 154 valence electrons. The minimum atomic E-state index is -0.0993. The minimum absolute atomic E-state index is 0.0993. The Kier molecular flexibility index (Phi) is 6.48. The van der Waals surface area contributed by atoms with Gasteiger partial charge in [0, 0.05) is 37.0 Å². The summed E-state index contributed by atoms with van der Waals surface area (Å²) in [6.07, 6.45) is 3.76. The maximum atomic E-state index is 11.8. The number of benzene rings is 1. The molecule has 0 spiro atoms. The van der Waals surface area contributed by atoms with Crippen molar-refractivity contribution in [1.82, 2.24) is 14.5 Å². The van der Waals surface area contributed by atoms with Gasteiger partial charge in [-0.05, 0) is 38.0 Å². The molecule has 2 aromatic heterocycles. The molecule has 3 rings (SSSR count). The van der Waals surface area contributed by atoms with Gasteiger partial charge in [-0.2, -0.15) is 15.2 Å². The van der Waals surface area contributed by atoms with E-state index in [4.69, 9.17) is 4.74 Å². The Morgan fingerprint density at radius 2 is 2.07 bits per heavy atom. The minimum Gasteiger partial charge on any atom is -0.423 e. The summed E-state index contributed by atoms with van der Waals surface area (Å²) < 4.78 is 7.48. The van der Waals surface area contributed by atoms with Crippen molar-refractivity contribution in [1.29, 1.82) is 5.26 Å². The first-order valence-corrected chi connectivity index (χ1v) is 9.91. The van der Waals surface area contributed by atoms with E-state index in [-0.39, 0.29) is 17.6 Å². The Morgan fingerprint density at radius 1 is 1.27 bits per heavy atom. The second kappa shape index (κ2) is 9.23. The highest BCUT2D eigenvalue weighted by atomic mass is 16.5. The van der Waals surface area contributed by atoms with E-state index in [0.717, 1.165) is 24.0 Å². The van der Waals surface area contributed by atoms with Crippen molar-refractivity contribution in [2.24, 2.45) is 7.05 Å². The third kappa shape index (κ3) is 4.84. The van der Waals surface area contributed by atoms with E-state index < -0.39 is 0 Å². The first kappa shape index (κ1) is 21.1. The molecule has 2 heterocycles. The van der Waals surface area contributed by atoms with E-state index in [9.17, 15) is 10.1 Å². The fourth-order valence-corrected chi connectivity index (χ4v) is 3.16. The van der Waals surface area contributed by atoms with Crippen LogP contribution in [0.25, 0.3) is 11.3 Å². The predicted molar refractivity (Wildman–Crippen MR) is 117 cm³/mol. The molecule has 0 bridgehead atoms. The molecule has 0 aliphatic rings. The molecule has 30 heavy (non-hydrogen) atoms. The molecule has 7 nitrogen and oxygen atoms in total. The number of anilines is 1. The van der Waals surface area contributed by atoms with Gasteiger partial charge in [-0.1, -0.05) is 25.5 Å². The molecule has 0 aliphatic heterocycles. The summed E-state index contributed by atoms with van der Waals surface area (Å²) in [5, 5.41) is 12.8. The topological polar surface area (TPSA) is 92.8 Å². The maximum absolute atomic E-state index is 11.8. The van der Waals surface area contributed by atoms with Crippen LogP contribution >= 0.6 is 0 Å². The van der Waals surface area contributed by atoms with Gasteiger partial charge < -0.3 is 14.6 Å². The van der Waals surface area contributed by atoms with E-state index in [2.05, 4.69) is 35.2 Å². The molecule has 0 aliphatic carbocycles. The lowest BCUT2D eigenvalue weighted by atomic mass is 10.1. The SMILES string of the molecule is CCC[C@H](C)Nc1cc(-c2ccc(=O)n(C)c2)nc(Oc2c(C)cccc2C#N)n1. The lowest BCUT2D eigenvalue weighted by molar-refractivity contribution is 0.438. The van der Waals surface area contributed by atoms with Crippen molar-refractivity contribution < 1.29 is 4.74 Å². The maximum Gasteiger partial charge on any atom is 0.324 e. The molecule has 1 aromatic carbocycles. The Morgan fingerprint density at radius 3 is 2.77 bits per heavy atom. The van der Waals surface area contributed by atoms with E-state index in [1.165, 1.54) is 10.6 Å². The largest absolute Gasteiger partial charge is 0.423 e. The smallest absolute Gasteiger partial charge is 0.324 e. The van der Waals surface area contributed by atoms with Gasteiger partial charge in [0.05, 0.1) is 11.3 Å². The number of ether oxygens (including phenoxy) is 1. The molecule has 3 aromatic rings. The monoisotopic (exact) mass is 403 g/mol. The van der Waals surface area contributed by atoms with E-state index in [1.807, 2.05) is 25.1 Å². The van der Waals surface area contributed by atoms with Gasteiger partial charge in [0.25, 0.3) is 0 Å². The summed E-state index contributed by atoms with van der Waals surface area (Å²) in [5.74, 6) is 1.06. The highest BCUT2D eigenvalue weighted by molar-refractivity contribution is 5.62. The van der Waals surface area contributed by atoms with E-state index >= 15 is 0 Å². The molecule has 1 N–H and O–H groups in total. The Bertz CT molecular complexity index is 1150. The molecule has 0 radical (unpaired) electrons. The lowest BCUT2D eigenvalue weighted by Crippen LogP contribution is -2.16. The molecular weight excluding hydrogens is 378 g/mol. The highest BCUT2D eigenvalue weighted by Crippen LogP contribution is 2.29. The number of hydrogen-bond acceptors (Lipinski definition) is 6. The zero-order valence-electron chi connectivity index (χ0n) is 17.6. The van der Waals surface area contributed by atoms with E-state index in [1.54, 1.807) is 25.4 Å². The number of nitriles is 1. The van der Waals surface area contributed by atoms with Crippen LogP contribution in [-0.2, 0) is 7.05 Å². The molecule has 1 atom stereocenters. The standard InChI is InChI=1S/C23H25N5O2/c1-5-7-16(3)25-20-12-19(18-10-11-21(29)28(4)14-18)26-23(27-20)30-22-15(2)8-6-9-17(22)13-24/h6,8-12,14,16H,5,7H2,1-4H3,(H,25,26,27)/t16-/m0/s1. The van der Waals surface area contributed by atoms with Gasteiger partial charge >= 0.3 is 6.01 Å². The van der Waals surface area contributed by atoms with Gasteiger partial charge in [-0.3, -0.25) is 4.79 Å². The van der Waals surface area contributed by atoms with Crippen LogP contribution in [0.1, 0.15) is 37.8 Å². The molecule has 0 fully saturated rings. The number of hydrogen-bond donors (Lipinski definition) is 1. The first-order chi connectivity index (χ1) is 14.4. The Labute approximate surface area is 176 Å². The Balaban J connectivity index is 2.07. The zero-order valence-corrected chi connectivity index (χ0v) is 17.6. The summed E-state index contributed by atoms with van der Waals surface area (Å²) in [4.78, 5) is 20.8. The van der Waals surface area contributed by atoms with Crippen molar-refractivity contribution in [2.45, 2.75) is 39.7 Å². The van der Waals surface area contributed by atoms with Crippen molar-refractivity contribution in [2.75, 3.05) is 5.32 Å². The van der Waals surface area contributed by atoms with E-state index in [0.29, 0.717) is 22.8 Å². The third-order valence-electron chi connectivity index (χ3n) is 4.73. The molecule has 7 heteroatoms. The average Bonchev–Trinajstić information content (AvgIpc) is 2.71. The van der Waals surface area contributed by atoms with Gasteiger partial charge in [0.15, 0.2) is 5.75 Å². The van der Waals surface area contributed by atoms with Gasteiger partial charge in [0.2, 0.25) is 5.56 Å². The third-order valence-corrected chi connectivity index (χ3v) is 4.73. The van der Waals surface area contributed by atoms with Gasteiger partial charge in [-0.25, -0.2) is 0 Å². The summed E-state index contributed by atoms with van der Waals surface area (Å²) in [6, 6.07) is 12.9. The van der Waals surface area contributed by atoms with Crippen LogP contribution in [0.15, 0.2) is 47.4 Å². The fraction of sp³-hybridized carbons (Fsp3) is 0.304. The number of para-hydroxylation sites is 1. The van der Waals surface area contributed by atoms with Crippen LogP contribution in [0.3, 0.4) is 0 Å². The van der Waals surface area contributed by atoms with Crippen LogP contribution < -0.4 is 15.6 Å². The average molecular weight is 403 g/mol. The number of pyridine rings is 1. The second-order valence-electron chi connectivity index (χ2n) is 7.29. The van der Waals surface area contributed by atoms with Crippen molar-refractivity contribution in [3.05, 3.63) is 64.1 Å². The highest BCUT2D eigenvalue weighted by Gasteiger charge is 2.14. The quantitative estimate of drug-likeness (QED) is 0.628. The van der Waals surface area contributed by atoms with Gasteiger partial charge in [0.1, 0.15) is 11.9 Å². The molecule has 0 amide bonds. The Hall–Kier alpha value is -3.66. The zero-order chi connectivity index (χ0) is 21.7. The van der Waals surface area contributed by atoms with Crippen LogP contribution in [-0.4, -0.2) is 20.6 Å².